The molecule has 0 bridgehead atoms. The minimum Gasteiger partial charge on any atom is -0.492 e. The largest absolute Gasteiger partial charge is 0.492 e. The Morgan fingerprint density at radius 2 is 1.87 bits per heavy atom. The molecule has 0 aromatic heterocycles. The molecule has 1 rings (SSSR count). The first-order chi connectivity index (χ1) is 7.00. The average Bonchev–Trinajstić information content (AvgIpc) is 2.19. The van der Waals surface area contributed by atoms with Crippen LogP contribution in [0.25, 0.3) is 0 Å². The molecule has 2 nitrogen and oxygen atoms in total. The molecule has 1 aromatic carbocycles. The predicted molar refractivity (Wildman–Crippen MR) is 64.2 cm³/mol. The molecule has 1 aromatic rings. The molecule has 1 atom stereocenters. The van der Waals surface area contributed by atoms with Crippen molar-refractivity contribution in [3.05, 3.63) is 29.3 Å². The summed E-state index contributed by atoms with van der Waals surface area (Å²) in [4.78, 5) is 0. The van der Waals surface area contributed by atoms with Gasteiger partial charge in [0.25, 0.3) is 0 Å². The van der Waals surface area contributed by atoms with Crippen LogP contribution in [-0.2, 0) is 0 Å². The first-order valence-electron chi connectivity index (χ1n) is 5.46. The van der Waals surface area contributed by atoms with Crippen molar-refractivity contribution in [2.45, 2.75) is 33.7 Å². The summed E-state index contributed by atoms with van der Waals surface area (Å²) in [6.07, 6.45) is 0. The number of hydrogen-bond acceptors (Lipinski definition) is 2. The van der Waals surface area contributed by atoms with E-state index in [1.54, 1.807) is 0 Å². The number of aryl methyl sites for hydroxylation is 2. The molecule has 0 aliphatic rings. The number of hydrogen-bond donors (Lipinski definition) is 1. The van der Waals surface area contributed by atoms with E-state index in [2.05, 4.69) is 39.8 Å². The summed E-state index contributed by atoms with van der Waals surface area (Å²) in [6.45, 7) is 8.98. The standard InChI is InChI=1S/C13H21NO/c1-9(2)13(14)8-15-12-6-5-10(3)11(4)7-12/h5-7,9,13H,8,14H2,1-4H3/t13-/m1/s1. The topological polar surface area (TPSA) is 35.2 Å². The molecule has 0 heterocycles. The second kappa shape index (κ2) is 5.17. The van der Waals surface area contributed by atoms with Crippen molar-refractivity contribution in [3.63, 3.8) is 0 Å². The highest BCUT2D eigenvalue weighted by Crippen LogP contribution is 2.16. The molecule has 0 amide bonds. The van der Waals surface area contributed by atoms with E-state index in [0.717, 1.165) is 5.75 Å². The Kier molecular flexibility index (Phi) is 4.15. The first kappa shape index (κ1) is 12.1. The van der Waals surface area contributed by atoms with Crippen LogP contribution in [0, 0.1) is 19.8 Å². The third-order valence-corrected chi connectivity index (χ3v) is 2.78. The lowest BCUT2D eigenvalue weighted by Crippen LogP contribution is -2.32. The monoisotopic (exact) mass is 207 g/mol. The fraction of sp³-hybridized carbons (Fsp3) is 0.538. The van der Waals surface area contributed by atoms with Crippen LogP contribution in [0.3, 0.4) is 0 Å². The highest BCUT2D eigenvalue weighted by Gasteiger charge is 2.08. The molecule has 84 valence electrons. The Morgan fingerprint density at radius 1 is 1.20 bits per heavy atom. The fourth-order valence-electron chi connectivity index (χ4n) is 1.19. The Bertz CT molecular complexity index is 320. The summed E-state index contributed by atoms with van der Waals surface area (Å²) in [5.41, 5.74) is 8.45. The predicted octanol–water partition coefficient (Wildman–Crippen LogP) is 2.67. The number of nitrogens with two attached hydrogens (primary N) is 1. The number of ether oxygens (including phenoxy) is 1. The zero-order chi connectivity index (χ0) is 11.4. The molecule has 0 saturated heterocycles. The third kappa shape index (κ3) is 3.56. The van der Waals surface area contributed by atoms with E-state index >= 15 is 0 Å². The van der Waals surface area contributed by atoms with Crippen LogP contribution in [0.5, 0.6) is 5.75 Å². The van der Waals surface area contributed by atoms with E-state index < -0.39 is 0 Å². The zero-order valence-electron chi connectivity index (χ0n) is 10.1. The second-order valence-corrected chi connectivity index (χ2v) is 4.46. The molecule has 0 saturated carbocycles. The molecule has 2 heteroatoms. The van der Waals surface area contributed by atoms with Crippen LogP contribution in [0.4, 0.5) is 0 Å². The molecule has 15 heavy (non-hydrogen) atoms. The molecule has 0 aliphatic carbocycles. The second-order valence-electron chi connectivity index (χ2n) is 4.46. The highest BCUT2D eigenvalue weighted by atomic mass is 16.5. The van der Waals surface area contributed by atoms with Gasteiger partial charge in [0.1, 0.15) is 12.4 Å². The van der Waals surface area contributed by atoms with Gasteiger partial charge >= 0.3 is 0 Å². The van der Waals surface area contributed by atoms with E-state index in [0.29, 0.717) is 12.5 Å². The van der Waals surface area contributed by atoms with E-state index in [4.69, 9.17) is 10.5 Å². The number of benzene rings is 1. The number of rotatable bonds is 4. The maximum absolute atomic E-state index is 5.91. The SMILES string of the molecule is Cc1ccc(OC[C@@H](N)C(C)C)cc1C. The van der Waals surface area contributed by atoms with E-state index in [9.17, 15) is 0 Å². The van der Waals surface area contributed by atoms with Crippen molar-refractivity contribution in [1.82, 2.24) is 0 Å². The van der Waals surface area contributed by atoms with Gasteiger partial charge in [0.2, 0.25) is 0 Å². The van der Waals surface area contributed by atoms with E-state index in [1.807, 2.05) is 6.07 Å². The molecule has 0 spiro atoms. The van der Waals surface area contributed by atoms with Crippen molar-refractivity contribution in [1.29, 1.82) is 0 Å². The molecule has 0 unspecified atom stereocenters. The molecular formula is C13H21NO. The lowest BCUT2D eigenvalue weighted by molar-refractivity contribution is 0.259. The van der Waals surface area contributed by atoms with Gasteiger partial charge < -0.3 is 10.5 Å². The van der Waals surface area contributed by atoms with Crippen molar-refractivity contribution >= 4 is 0 Å². The molecular weight excluding hydrogens is 186 g/mol. The van der Waals surface area contributed by atoms with Crippen LogP contribution >= 0.6 is 0 Å². The Morgan fingerprint density at radius 3 is 2.40 bits per heavy atom. The Balaban J connectivity index is 2.55. The molecule has 0 aliphatic heterocycles. The maximum atomic E-state index is 5.91. The van der Waals surface area contributed by atoms with Gasteiger partial charge in [-0.2, -0.15) is 0 Å². The summed E-state index contributed by atoms with van der Waals surface area (Å²) < 4.78 is 5.64. The normalized spacial score (nSPS) is 12.9. The average molecular weight is 207 g/mol. The van der Waals surface area contributed by atoms with E-state index in [1.165, 1.54) is 11.1 Å². The van der Waals surface area contributed by atoms with Crippen molar-refractivity contribution in [2.24, 2.45) is 11.7 Å². The van der Waals surface area contributed by atoms with Crippen molar-refractivity contribution in [3.8, 4) is 5.75 Å². The van der Waals surface area contributed by atoms with Gasteiger partial charge in [0, 0.05) is 6.04 Å². The molecule has 2 N–H and O–H groups in total. The summed E-state index contributed by atoms with van der Waals surface area (Å²) in [5.74, 6) is 1.37. The maximum Gasteiger partial charge on any atom is 0.119 e. The highest BCUT2D eigenvalue weighted by molar-refractivity contribution is 5.33. The molecule has 0 fully saturated rings. The van der Waals surface area contributed by atoms with Gasteiger partial charge in [-0.3, -0.25) is 0 Å². The van der Waals surface area contributed by atoms with Gasteiger partial charge in [-0.15, -0.1) is 0 Å². The van der Waals surface area contributed by atoms with Gasteiger partial charge in [-0.05, 0) is 43.0 Å². The van der Waals surface area contributed by atoms with E-state index in [-0.39, 0.29) is 6.04 Å². The smallest absolute Gasteiger partial charge is 0.119 e. The van der Waals surface area contributed by atoms with Gasteiger partial charge in [-0.25, -0.2) is 0 Å². The van der Waals surface area contributed by atoms with Gasteiger partial charge in [0.15, 0.2) is 0 Å². The molecule has 0 radical (unpaired) electrons. The zero-order valence-corrected chi connectivity index (χ0v) is 10.1. The van der Waals surface area contributed by atoms with Crippen molar-refractivity contribution < 1.29 is 4.74 Å². The summed E-state index contributed by atoms with van der Waals surface area (Å²) >= 11 is 0. The van der Waals surface area contributed by atoms with Crippen LogP contribution in [-0.4, -0.2) is 12.6 Å². The fourth-order valence-corrected chi connectivity index (χ4v) is 1.19. The van der Waals surface area contributed by atoms with Crippen LogP contribution in [0.2, 0.25) is 0 Å². The minimum absolute atomic E-state index is 0.103. The minimum atomic E-state index is 0.103. The van der Waals surface area contributed by atoms with Crippen LogP contribution in [0.15, 0.2) is 18.2 Å². The van der Waals surface area contributed by atoms with Gasteiger partial charge in [-0.1, -0.05) is 19.9 Å². The van der Waals surface area contributed by atoms with Crippen LogP contribution < -0.4 is 10.5 Å². The Hall–Kier alpha value is -1.02. The Labute approximate surface area is 92.4 Å². The lowest BCUT2D eigenvalue weighted by Gasteiger charge is -2.16. The lowest BCUT2D eigenvalue weighted by atomic mass is 10.1. The quantitative estimate of drug-likeness (QED) is 0.823. The first-order valence-corrected chi connectivity index (χ1v) is 5.46. The summed E-state index contributed by atoms with van der Waals surface area (Å²) in [5, 5.41) is 0. The summed E-state index contributed by atoms with van der Waals surface area (Å²) in [6, 6.07) is 6.23. The van der Waals surface area contributed by atoms with Crippen LogP contribution in [0.1, 0.15) is 25.0 Å². The summed E-state index contributed by atoms with van der Waals surface area (Å²) in [7, 11) is 0. The van der Waals surface area contributed by atoms with Crippen molar-refractivity contribution in [2.75, 3.05) is 6.61 Å². The van der Waals surface area contributed by atoms with Gasteiger partial charge in [0.05, 0.1) is 0 Å². The third-order valence-electron chi connectivity index (χ3n) is 2.78.